The molecule has 1 rings (SSSR count). The molecule has 0 aromatic rings. The minimum Gasteiger partial charge on any atom is -0.373 e. The molecule has 2 nitrogen and oxygen atoms in total. The standard InChI is InChI=1S/C12H20O2/c1-5-11(9(2)3)8-12-10(4)13-6-7-14-12/h1,9-12H,6-8H2,2-4H3. The highest BCUT2D eigenvalue weighted by molar-refractivity contribution is 4.96. The van der Waals surface area contributed by atoms with Gasteiger partial charge in [-0.1, -0.05) is 13.8 Å². The molecule has 0 aliphatic carbocycles. The van der Waals surface area contributed by atoms with Crippen molar-refractivity contribution in [2.75, 3.05) is 13.2 Å². The molecule has 80 valence electrons. The van der Waals surface area contributed by atoms with Crippen LogP contribution < -0.4 is 0 Å². The van der Waals surface area contributed by atoms with Gasteiger partial charge in [-0.25, -0.2) is 0 Å². The number of terminal acetylenes is 1. The minimum absolute atomic E-state index is 0.173. The number of hydrogen-bond donors (Lipinski definition) is 0. The van der Waals surface area contributed by atoms with Crippen LogP contribution >= 0.6 is 0 Å². The maximum Gasteiger partial charge on any atom is 0.0847 e. The largest absolute Gasteiger partial charge is 0.373 e. The van der Waals surface area contributed by atoms with Gasteiger partial charge in [0.05, 0.1) is 25.4 Å². The van der Waals surface area contributed by atoms with Gasteiger partial charge >= 0.3 is 0 Å². The van der Waals surface area contributed by atoms with E-state index in [1.807, 2.05) is 0 Å². The van der Waals surface area contributed by atoms with E-state index in [0.717, 1.165) is 6.42 Å². The van der Waals surface area contributed by atoms with E-state index >= 15 is 0 Å². The van der Waals surface area contributed by atoms with E-state index in [-0.39, 0.29) is 12.2 Å². The SMILES string of the molecule is C#CC(CC1OCCOC1C)C(C)C. The number of hydrogen-bond acceptors (Lipinski definition) is 2. The maximum absolute atomic E-state index is 5.65. The highest BCUT2D eigenvalue weighted by atomic mass is 16.6. The molecule has 0 N–H and O–H groups in total. The third kappa shape index (κ3) is 3.01. The van der Waals surface area contributed by atoms with Gasteiger partial charge in [-0.3, -0.25) is 0 Å². The molecule has 1 aliphatic heterocycles. The molecule has 0 aromatic heterocycles. The smallest absolute Gasteiger partial charge is 0.0847 e. The summed E-state index contributed by atoms with van der Waals surface area (Å²) >= 11 is 0. The average molecular weight is 196 g/mol. The van der Waals surface area contributed by atoms with Crippen LogP contribution in [0, 0.1) is 24.2 Å². The third-order valence-electron chi connectivity index (χ3n) is 2.82. The Kier molecular flexibility index (Phi) is 4.44. The highest BCUT2D eigenvalue weighted by Gasteiger charge is 2.26. The molecule has 0 aromatic carbocycles. The molecule has 14 heavy (non-hydrogen) atoms. The first-order valence-corrected chi connectivity index (χ1v) is 5.34. The van der Waals surface area contributed by atoms with Crippen LogP contribution in [-0.4, -0.2) is 25.4 Å². The summed E-state index contributed by atoms with van der Waals surface area (Å²) in [6.45, 7) is 7.76. The Morgan fingerprint density at radius 1 is 1.36 bits per heavy atom. The molecule has 1 fully saturated rings. The number of ether oxygens (including phenoxy) is 2. The van der Waals surface area contributed by atoms with Crippen molar-refractivity contribution in [2.24, 2.45) is 11.8 Å². The first kappa shape index (κ1) is 11.6. The highest BCUT2D eigenvalue weighted by Crippen LogP contribution is 2.22. The van der Waals surface area contributed by atoms with Crippen LogP contribution in [0.3, 0.4) is 0 Å². The van der Waals surface area contributed by atoms with Crippen molar-refractivity contribution in [3.05, 3.63) is 0 Å². The van der Waals surface area contributed by atoms with Crippen LogP contribution in [0.1, 0.15) is 27.2 Å². The van der Waals surface area contributed by atoms with E-state index in [0.29, 0.717) is 25.0 Å². The third-order valence-corrected chi connectivity index (χ3v) is 2.82. The Morgan fingerprint density at radius 2 is 2.00 bits per heavy atom. The number of rotatable bonds is 3. The molecular formula is C12H20O2. The van der Waals surface area contributed by atoms with Crippen molar-refractivity contribution in [1.82, 2.24) is 0 Å². The molecular weight excluding hydrogens is 176 g/mol. The van der Waals surface area contributed by atoms with Gasteiger partial charge in [-0.05, 0) is 19.3 Å². The maximum atomic E-state index is 5.65. The van der Waals surface area contributed by atoms with Crippen LogP contribution in [0.5, 0.6) is 0 Å². The second-order valence-corrected chi connectivity index (χ2v) is 4.24. The van der Waals surface area contributed by atoms with Crippen LogP contribution in [0.4, 0.5) is 0 Å². The zero-order valence-corrected chi connectivity index (χ0v) is 9.32. The molecule has 0 radical (unpaired) electrons. The van der Waals surface area contributed by atoms with E-state index < -0.39 is 0 Å². The van der Waals surface area contributed by atoms with E-state index in [1.165, 1.54) is 0 Å². The second-order valence-electron chi connectivity index (χ2n) is 4.24. The Balaban J connectivity index is 2.45. The fraction of sp³-hybridized carbons (Fsp3) is 0.833. The summed E-state index contributed by atoms with van der Waals surface area (Å²) in [5.41, 5.74) is 0. The average Bonchev–Trinajstić information content (AvgIpc) is 2.16. The summed E-state index contributed by atoms with van der Waals surface area (Å²) in [6, 6.07) is 0. The molecule has 0 saturated carbocycles. The molecule has 2 heteroatoms. The monoisotopic (exact) mass is 196 g/mol. The lowest BCUT2D eigenvalue weighted by molar-refractivity contribution is -0.138. The van der Waals surface area contributed by atoms with Crippen molar-refractivity contribution in [3.63, 3.8) is 0 Å². The topological polar surface area (TPSA) is 18.5 Å². The summed E-state index contributed by atoms with van der Waals surface area (Å²) < 4.78 is 11.2. The van der Waals surface area contributed by atoms with Gasteiger partial charge < -0.3 is 9.47 Å². The van der Waals surface area contributed by atoms with Crippen LogP contribution in [-0.2, 0) is 9.47 Å². The lowest BCUT2D eigenvalue weighted by atomic mass is 9.89. The lowest BCUT2D eigenvalue weighted by Crippen LogP contribution is -2.38. The van der Waals surface area contributed by atoms with Crippen molar-refractivity contribution < 1.29 is 9.47 Å². The fourth-order valence-corrected chi connectivity index (χ4v) is 1.72. The van der Waals surface area contributed by atoms with Gasteiger partial charge in [0.15, 0.2) is 0 Å². The molecule has 3 unspecified atom stereocenters. The molecule has 3 atom stereocenters. The van der Waals surface area contributed by atoms with Crippen molar-refractivity contribution in [2.45, 2.75) is 39.4 Å². The second kappa shape index (κ2) is 5.38. The van der Waals surface area contributed by atoms with Gasteiger partial charge in [0.25, 0.3) is 0 Å². The van der Waals surface area contributed by atoms with Crippen molar-refractivity contribution in [3.8, 4) is 12.3 Å². The molecule has 0 bridgehead atoms. The predicted molar refractivity (Wildman–Crippen MR) is 56.9 cm³/mol. The summed E-state index contributed by atoms with van der Waals surface area (Å²) in [5.74, 6) is 3.64. The first-order valence-electron chi connectivity index (χ1n) is 5.34. The van der Waals surface area contributed by atoms with Crippen LogP contribution in [0.15, 0.2) is 0 Å². The minimum atomic E-state index is 0.173. The Hall–Kier alpha value is -0.520. The van der Waals surface area contributed by atoms with Gasteiger partial charge in [0.2, 0.25) is 0 Å². The summed E-state index contributed by atoms with van der Waals surface area (Å²) in [4.78, 5) is 0. The molecule has 0 spiro atoms. The Morgan fingerprint density at radius 3 is 2.50 bits per heavy atom. The molecule has 1 heterocycles. The molecule has 0 amide bonds. The van der Waals surface area contributed by atoms with E-state index in [1.54, 1.807) is 0 Å². The van der Waals surface area contributed by atoms with Crippen LogP contribution in [0.25, 0.3) is 0 Å². The van der Waals surface area contributed by atoms with Crippen LogP contribution in [0.2, 0.25) is 0 Å². The molecule has 1 aliphatic rings. The normalized spacial score (nSPS) is 29.9. The molecule has 1 saturated heterocycles. The quantitative estimate of drug-likeness (QED) is 0.643. The fourth-order valence-electron chi connectivity index (χ4n) is 1.72. The van der Waals surface area contributed by atoms with Gasteiger partial charge in [-0.2, -0.15) is 0 Å². The Bertz CT molecular complexity index is 205. The Labute approximate surface area is 87.0 Å². The van der Waals surface area contributed by atoms with Gasteiger partial charge in [0, 0.05) is 5.92 Å². The lowest BCUT2D eigenvalue weighted by Gasteiger charge is -2.31. The van der Waals surface area contributed by atoms with Gasteiger partial charge in [-0.15, -0.1) is 12.3 Å². The first-order chi connectivity index (χ1) is 6.65. The van der Waals surface area contributed by atoms with E-state index in [4.69, 9.17) is 15.9 Å². The van der Waals surface area contributed by atoms with E-state index in [9.17, 15) is 0 Å². The predicted octanol–water partition coefficient (Wildman–Crippen LogP) is 2.09. The van der Waals surface area contributed by atoms with Gasteiger partial charge in [0.1, 0.15) is 0 Å². The zero-order chi connectivity index (χ0) is 10.6. The summed E-state index contributed by atoms with van der Waals surface area (Å²) in [6.07, 6.45) is 6.75. The van der Waals surface area contributed by atoms with Crippen molar-refractivity contribution >= 4 is 0 Å². The van der Waals surface area contributed by atoms with Crippen molar-refractivity contribution in [1.29, 1.82) is 0 Å². The summed E-state index contributed by atoms with van der Waals surface area (Å²) in [7, 11) is 0. The summed E-state index contributed by atoms with van der Waals surface area (Å²) in [5, 5.41) is 0. The zero-order valence-electron chi connectivity index (χ0n) is 9.32. The van der Waals surface area contributed by atoms with E-state index in [2.05, 4.69) is 26.7 Å².